The molecule has 2 aliphatic rings. The molecular weight excluding hydrogens is 372 g/mol. The van der Waals surface area contributed by atoms with Crippen LogP contribution in [-0.4, -0.2) is 28.7 Å². The van der Waals surface area contributed by atoms with Crippen LogP contribution in [0.5, 0.6) is 5.75 Å². The van der Waals surface area contributed by atoms with Gasteiger partial charge >= 0.3 is 0 Å². The maximum atomic E-state index is 12.2. The summed E-state index contributed by atoms with van der Waals surface area (Å²) in [5.74, 6) is 0.744. The maximum Gasteiger partial charge on any atom is 0.264 e. The van der Waals surface area contributed by atoms with Crippen LogP contribution in [0, 0.1) is 17.2 Å². The minimum absolute atomic E-state index is 0.135. The van der Waals surface area contributed by atoms with Gasteiger partial charge in [0.15, 0.2) is 5.17 Å². The molecule has 1 aliphatic carbocycles. The van der Waals surface area contributed by atoms with Crippen LogP contribution in [0.3, 0.4) is 0 Å². The molecule has 1 aliphatic heterocycles. The highest BCUT2D eigenvalue weighted by molar-refractivity contribution is 8.18. The van der Waals surface area contributed by atoms with Gasteiger partial charge < -0.3 is 10.1 Å². The van der Waals surface area contributed by atoms with Gasteiger partial charge in [-0.2, -0.15) is 5.26 Å². The minimum Gasteiger partial charge on any atom is -0.491 e. The first-order chi connectivity index (χ1) is 13.5. The Kier molecular flexibility index (Phi) is 5.05. The lowest BCUT2D eigenvalue weighted by Crippen LogP contribution is -2.20. The molecule has 0 atom stereocenters. The Labute approximate surface area is 167 Å². The predicted octanol–water partition coefficient (Wildman–Crippen LogP) is 3.86. The van der Waals surface area contributed by atoms with E-state index in [1.807, 2.05) is 24.3 Å². The first-order valence-corrected chi connectivity index (χ1v) is 10.1. The maximum absolute atomic E-state index is 12.2. The summed E-state index contributed by atoms with van der Waals surface area (Å²) in [6, 6.07) is 8.21. The second-order valence-corrected chi connectivity index (χ2v) is 8.36. The molecular formula is C21H20N4O2S. The zero-order valence-electron chi connectivity index (χ0n) is 15.7. The van der Waals surface area contributed by atoms with E-state index in [0.29, 0.717) is 40.0 Å². The molecule has 1 saturated carbocycles. The number of carbonyl (C=O) groups is 1. The molecule has 0 bridgehead atoms. The molecule has 1 aromatic heterocycles. The minimum atomic E-state index is -0.135. The fourth-order valence-corrected chi connectivity index (χ4v) is 3.66. The Hall–Kier alpha value is -2.85. The molecule has 6 nitrogen and oxygen atoms in total. The molecule has 0 unspecified atom stereocenters. The topological polar surface area (TPSA) is 87.4 Å². The first-order valence-electron chi connectivity index (χ1n) is 9.28. The number of ether oxygens (including phenoxy) is 1. The van der Waals surface area contributed by atoms with Crippen LogP contribution >= 0.6 is 11.8 Å². The Morgan fingerprint density at radius 1 is 1.46 bits per heavy atom. The normalized spacial score (nSPS) is 19.4. The zero-order chi connectivity index (χ0) is 19.7. The standard InChI is InChI=1S/C21H20N4O2S/c1-12(2)11-27-19-14(9-22)10-23-17-6-3-13(7-16(17)19)8-18-20(26)25-21(28-18)24-15-4-5-15/h3,6-8,10,12,15H,4-5,11H2,1-2H3,(H,24,25,26)/b18-8-. The van der Waals surface area contributed by atoms with Crippen molar-refractivity contribution in [3.8, 4) is 11.8 Å². The third-order valence-corrected chi connectivity index (χ3v) is 5.24. The van der Waals surface area contributed by atoms with Crippen molar-refractivity contribution in [1.29, 1.82) is 5.26 Å². The average molecular weight is 392 g/mol. The molecule has 2 heterocycles. The molecule has 2 aromatic rings. The number of amides is 1. The second-order valence-electron chi connectivity index (χ2n) is 7.32. The quantitative estimate of drug-likeness (QED) is 0.781. The molecule has 0 spiro atoms. The van der Waals surface area contributed by atoms with Gasteiger partial charge in [0, 0.05) is 11.6 Å². The van der Waals surface area contributed by atoms with Gasteiger partial charge in [-0.05, 0) is 54.3 Å². The smallest absolute Gasteiger partial charge is 0.264 e. The van der Waals surface area contributed by atoms with E-state index in [1.165, 1.54) is 18.0 Å². The van der Waals surface area contributed by atoms with E-state index in [2.05, 4.69) is 35.2 Å². The Morgan fingerprint density at radius 3 is 3.00 bits per heavy atom. The van der Waals surface area contributed by atoms with Crippen molar-refractivity contribution in [2.24, 2.45) is 10.9 Å². The van der Waals surface area contributed by atoms with Crippen molar-refractivity contribution < 1.29 is 9.53 Å². The summed E-state index contributed by atoms with van der Waals surface area (Å²) < 4.78 is 5.93. The number of nitrogens with one attached hydrogen (secondary N) is 1. The van der Waals surface area contributed by atoms with Gasteiger partial charge in [0.25, 0.3) is 5.91 Å². The third-order valence-electron chi connectivity index (χ3n) is 4.32. The number of pyridine rings is 1. The van der Waals surface area contributed by atoms with Crippen molar-refractivity contribution in [3.05, 3.63) is 40.4 Å². The number of rotatable bonds is 5. The lowest BCUT2D eigenvalue weighted by molar-refractivity contribution is -0.115. The summed E-state index contributed by atoms with van der Waals surface area (Å²) in [4.78, 5) is 21.7. The van der Waals surface area contributed by atoms with E-state index in [1.54, 1.807) is 0 Å². The largest absolute Gasteiger partial charge is 0.491 e. The number of thioether (sulfide) groups is 1. The van der Waals surface area contributed by atoms with Crippen LogP contribution in [0.4, 0.5) is 0 Å². The van der Waals surface area contributed by atoms with Crippen LogP contribution in [0.1, 0.15) is 37.8 Å². The average Bonchev–Trinajstić information content (AvgIpc) is 3.42. The Morgan fingerprint density at radius 2 is 2.29 bits per heavy atom. The number of amidine groups is 1. The predicted molar refractivity (Wildman–Crippen MR) is 111 cm³/mol. The number of nitriles is 1. The van der Waals surface area contributed by atoms with Gasteiger partial charge in [-0.25, -0.2) is 0 Å². The number of fused-ring (bicyclic) bond motifs is 1. The van der Waals surface area contributed by atoms with Crippen LogP contribution in [0.2, 0.25) is 0 Å². The number of hydrogen-bond donors (Lipinski definition) is 1. The summed E-state index contributed by atoms with van der Waals surface area (Å²) in [5, 5.41) is 13.7. The van der Waals surface area contributed by atoms with Crippen molar-refractivity contribution in [2.75, 3.05) is 6.61 Å². The van der Waals surface area contributed by atoms with Gasteiger partial charge in [0.05, 0.1) is 23.1 Å². The van der Waals surface area contributed by atoms with E-state index in [0.717, 1.165) is 29.3 Å². The highest BCUT2D eigenvalue weighted by atomic mass is 32.2. The zero-order valence-corrected chi connectivity index (χ0v) is 16.5. The van der Waals surface area contributed by atoms with Crippen molar-refractivity contribution in [3.63, 3.8) is 0 Å². The van der Waals surface area contributed by atoms with E-state index in [9.17, 15) is 10.1 Å². The molecule has 1 N–H and O–H groups in total. The van der Waals surface area contributed by atoms with Crippen molar-refractivity contribution in [1.82, 2.24) is 10.3 Å². The molecule has 142 valence electrons. The molecule has 2 fully saturated rings. The lowest BCUT2D eigenvalue weighted by atomic mass is 10.1. The number of aliphatic imine (C=N–C) groups is 1. The molecule has 1 saturated heterocycles. The molecule has 1 aromatic carbocycles. The van der Waals surface area contributed by atoms with Gasteiger partial charge in [-0.1, -0.05) is 19.9 Å². The molecule has 7 heteroatoms. The van der Waals surface area contributed by atoms with Crippen molar-refractivity contribution in [2.45, 2.75) is 32.7 Å². The number of nitrogens with zero attached hydrogens (tertiary/aromatic N) is 3. The third kappa shape index (κ3) is 4.02. The van der Waals surface area contributed by atoms with E-state index < -0.39 is 0 Å². The summed E-state index contributed by atoms with van der Waals surface area (Å²) in [6.45, 7) is 4.63. The Bertz CT molecular complexity index is 1050. The number of benzene rings is 1. The van der Waals surface area contributed by atoms with Crippen LogP contribution in [-0.2, 0) is 4.79 Å². The fourth-order valence-electron chi connectivity index (χ4n) is 2.77. The van der Waals surface area contributed by atoms with Gasteiger partial charge in [0.2, 0.25) is 0 Å². The van der Waals surface area contributed by atoms with E-state index in [4.69, 9.17) is 4.74 Å². The summed E-state index contributed by atoms with van der Waals surface area (Å²) in [7, 11) is 0. The van der Waals surface area contributed by atoms with Crippen LogP contribution in [0.15, 0.2) is 34.3 Å². The number of carbonyl (C=O) groups excluding carboxylic acids is 1. The molecule has 28 heavy (non-hydrogen) atoms. The highest BCUT2D eigenvalue weighted by Gasteiger charge is 2.28. The van der Waals surface area contributed by atoms with Crippen molar-refractivity contribution >= 4 is 39.8 Å². The van der Waals surface area contributed by atoms with Gasteiger partial charge in [-0.15, -0.1) is 0 Å². The van der Waals surface area contributed by atoms with Crippen LogP contribution in [0.25, 0.3) is 17.0 Å². The Balaban J connectivity index is 1.69. The molecule has 0 radical (unpaired) electrons. The van der Waals surface area contributed by atoms with E-state index >= 15 is 0 Å². The second kappa shape index (κ2) is 7.64. The molecule has 1 amide bonds. The highest BCUT2D eigenvalue weighted by Crippen LogP contribution is 2.33. The SMILES string of the molecule is CC(C)COc1c(C#N)cnc2ccc(/C=C3\SC(=NC4CC4)NC3=O)cc12. The first kappa shape index (κ1) is 18.5. The summed E-state index contributed by atoms with van der Waals surface area (Å²) in [5.41, 5.74) is 2.01. The lowest BCUT2D eigenvalue weighted by Gasteiger charge is -2.13. The van der Waals surface area contributed by atoms with E-state index in [-0.39, 0.29) is 5.91 Å². The fraction of sp³-hybridized carbons (Fsp3) is 0.333. The summed E-state index contributed by atoms with van der Waals surface area (Å²) >= 11 is 1.36. The molecule has 4 rings (SSSR count). The summed E-state index contributed by atoms with van der Waals surface area (Å²) in [6.07, 6.45) is 5.56. The van der Waals surface area contributed by atoms with Crippen LogP contribution < -0.4 is 10.1 Å². The number of aromatic nitrogens is 1. The van der Waals surface area contributed by atoms with Gasteiger partial charge in [0.1, 0.15) is 17.4 Å². The monoisotopic (exact) mass is 392 g/mol. The number of hydrogen-bond acceptors (Lipinski definition) is 6. The van der Waals surface area contributed by atoms with Gasteiger partial charge in [-0.3, -0.25) is 14.8 Å².